The molecule has 2 atom stereocenters. The lowest BCUT2D eigenvalue weighted by molar-refractivity contribution is 0.421. The monoisotopic (exact) mass is 268 g/mol. The van der Waals surface area contributed by atoms with Crippen LogP contribution < -0.4 is 5.32 Å². The number of aromatic nitrogens is 1. The van der Waals surface area contributed by atoms with Gasteiger partial charge in [-0.3, -0.25) is 4.98 Å². The minimum atomic E-state index is 0.607. The smallest absolute Gasteiger partial charge is 0.0737 e. The van der Waals surface area contributed by atoms with Crippen LogP contribution in [-0.4, -0.2) is 17.6 Å². The minimum Gasteiger partial charge on any atom is -0.314 e. The number of fused-ring (bicyclic) bond motifs is 1. The van der Waals surface area contributed by atoms with Crippen molar-refractivity contribution < 1.29 is 0 Å². The minimum absolute atomic E-state index is 0.607. The van der Waals surface area contributed by atoms with Crippen molar-refractivity contribution in [1.29, 1.82) is 0 Å². The molecule has 1 aromatic carbocycles. The first-order valence-electron chi connectivity index (χ1n) is 7.97. The molecule has 1 N–H and O–H groups in total. The van der Waals surface area contributed by atoms with Crippen LogP contribution in [0, 0.1) is 0 Å². The molecule has 0 radical (unpaired) electrons. The van der Waals surface area contributed by atoms with E-state index in [-0.39, 0.29) is 0 Å². The van der Waals surface area contributed by atoms with Crippen LogP contribution >= 0.6 is 0 Å². The first-order chi connectivity index (χ1) is 9.90. The topological polar surface area (TPSA) is 24.9 Å². The van der Waals surface area contributed by atoms with Gasteiger partial charge >= 0.3 is 0 Å². The fourth-order valence-electron chi connectivity index (χ4n) is 3.61. The summed E-state index contributed by atoms with van der Waals surface area (Å²) in [6.07, 6.45) is 8.57. The SMILES string of the molecule is CCNC1CCCCCC1c1cccc2cccnc12. The molecule has 1 saturated carbocycles. The van der Waals surface area contributed by atoms with Crippen molar-refractivity contribution in [2.45, 2.75) is 51.0 Å². The summed E-state index contributed by atoms with van der Waals surface area (Å²) in [7, 11) is 0. The zero-order valence-electron chi connectivity index (χ0n) is 12.3. The van der Waals surface area contributed by atoms with E-state index in [2.05, 4.69) is 41.5 Å². The lowest BCUT2D eigenvalue weighted by Crippen LogP contribution is -2.34. The van der Waals surface area contributed by atoms with Crippen molar-refractivity contribution in [2.75, 3.05) is 6.54 Å². The number of likely N-dealkylation sites (N-methyl/N-ethyl adjacent to an activating group) is 1. The summed E-state index contributed by atoms with van der Waals surface area (Å²) in [5.41, 5.74) is 2.64. The van der Waals surface area contributed by atoms with Gasteiger partial charge in [0.25, 0.3) is 0 Å². The van der Waals surface area contributed by atoms with E-state index in [4.69, 9.17) is 0 Å². The fraction of sp³-hybridized carbons (Fsp3) is 0.500. The van der Waals surface area contributed by atoms with Gasteiger partial charge < -0.3 is 5.32 Å². The van der Waals surface area contributed by atoms with Crippen molar-refractivity contribution >= 4 is 10.9 Å². The second-order valence-electron chi connectivity index (χ2n) is 5.83. The molecule has 1 fully saturated rings. The summed E-state index contributed by atoms with van der Waals surface area (Å²) < 4.78 is 0. The summed E-state index contributed by atoms with van der Waals surface area (Å²) in [4.78, 5) is 4.65. The van der Waals surface area contributed by atoms with Crippen LogP contribution in [-0.2, 0) is 0 Å². The van der Waals surface area contributed by atoms with E-state index in [0.29, 0.717) is 12.0 Å². The van der Waals surface area contributed by atoms with Crippen LogP contribution in [0.2, 0.25) is 0 Å². The van der Waals surface area contributed by atoms with Crippen molar-refractivity contribution in [3.8, 4) is 0 Å². The average molecular weight is 268 g/mol. The Balaban J connectivity index is 2.02. The van der Waals surface area contributed by atoms with Gasteiger partial charge in [0, 0.05) is 23.5 Å². The Kier molecular flexibility index (Phi) is 4.31. The molecule has 3 rings (SSSR count). The Bertz CT molecular complexity index is 559. The van der Waals surface area contributed by atoms with Gasteiger partial charge in [-0.1, -0.05) is 50.5 Å². The maximum absolute atomic E-state index is 4.65. The second-order valence-corrected chi connectivity index (χ2v) is 5.83. The van der Waals surface area contributed by atoms with Gasteiger partial charge in [-0.15, -0.1) is 0 Å². The molecule has 0 aliphatic heterocycles. The summed E-state index contributed by atoms with van der Waals surface area (Å²) in [5.74, 6) is 0.607. The lowest BCUT2D eigenvalue weighted by atomic mass is 9.86. The third-order valence-electron chi connectivity index (χ3n) is 4.55. The molecule has 0 spiro atoms. The van der Waals surface area contributed by atoms with Gasteiger partial charge in [0.1, 0.15) is 0 Å². The molecule has 0 bridgehead atoms. The molecule has 2 aromatic rings. The number of nitrogens with one attached hydrogen (secondary N) is 1. The molecule has 1 aliphatic rings. The molecule has 1 aliphatic carbocycles. The number of pyridine rings is 1. The maximum atomic E-state index is 4.65. The highest BCUT2D eigenvalue weighted by Crippen LogP contribution is 2.35. The number of nitrogens with zero attached hydrogens (tertiary/aromatic N) is 1. The average Bonchev–Trinajstić information content (AvgIpc) is 2.73. The van der Waals surface area contributed by atoms with Crippen LogP contribution in [0.3, 0.4) is 0 Å². The molecule has 0 amide bonds. The molecule has 1 aromatic heterocycles. The van der Waals surface area contributed by atoms with Gasteiger partial charge in [-0.25, -0.2) is 0 Å². The van der Waals surface area contributed by atoms with Crippen LogP contribution in [0.25, 0.3) is 10.9 Å². The number of hydrogen-bond acceptors (Lipinski definition) is 2. The van der Waals surface area contributed by atoms with E-state index in [1.807, 2.05) is 12.3 Å². The molecule has 106 valence electrons. The van der Waals surface area contributed by atoms with E-state index in [1.165, 1.54) is 48.6 Å². The van der Waals surface area contributed by atoms with Crippen LogP contribution in [0.4, 0.5) is 0 Å². The van der Waals surface area contributed by atoms with Crippen LogP contribution in [0.1, 0.15) is 50.5 Å². The Morgan fingerprint density at radius 1 is 1.10 bits per heavy atom. The van der Waals surface area contributed by atoms with Crippen molar-refractivity contribution in [1.82, 2.24) is 10.3 Å². The predicted molar refractivity (Wildman–Crippen MR) is 85.0 cm³/mol. The zero-order chi connectivity index (χ0) is 13.8. The largest absolute Gasteiger partial charge is 0.314 e. The van der Waals surface area contributed by atoms with Crippen molar-refractivity contribution in [3.05, 3.63) is 42.1 Å². The normalized spacial score (nSPS) is 23.6. The standard InChI is InChI=1S/C18H24N2/c1-2-19-17-12-5-3-4-10-15(17)16-11-6-8-14-9-7-13-20-18(14)16/h6-9,11,13,15,17,19H,2-5,10,12H2,1H3. The number of hydrogen-bond donors (Lipinski definition) is 1. The summed E-state index contributed by atoms with van der Waals surface area (Å²) in [5, 5.41) is 4.98. The molecule has 0 saturated heterocycles. The Hall–Kier alpha value is -1.41. The predicted octanol–water partition coefficient (Wildman–Crippen LogP) is 4.26. The van der Waals surface area contributed by atoms with Gasteiger partial charge in [0.05, 0.1) is 5.52 Å². The van der Waals surface area contributed by atoms with Gasteiger partial charge in [-0.05, 0) is 31.0 Å². The van der Waals surface area contributed by atoms with Gasteiger partial charge in [0.15, 0.2) is 0 Å². The summed E-state index contributed by atoms with van der Waals surface area (Å²) >= 11 is 0. The Labute approximate surface area is 121 Å². The highest BCUT2D eigenvalue weighted by Gasteiger charge is 2.25. The van der Waals surface area contributed by atoms with Crippen molar-refractivity contribution in [3.63, 3.8) is 0 Å². The van der Waals surface area contributed by atoms with E-state index in [9.17, 15) is 0 Å². The highest BCUT2D eigenvalue weighted by molar-refractivity contribution is 5.82. The van der Waals surface area contributed by atoms with E-state index >= 15 is 0 Å². The second kappa shape index (κ2) is 6.36. The third kappa shape index (κ3) is 2.71. The van der Waals surface area contributed by atoms with E-state index in [1.54, 1.807) is 0 Å². The van der Waals surface area contributed by atoms with Gasteiger partial charge in [0.2, 0.25) is 0 Å². The quantitative estimate of drug-likeness (QED) is 0.841. The Morgan fingerprint density at radius 3 is 2.85 bits per heavy atom. The molecule has 2 heteroatoms. The van der Waals surface area contributed by atoms with Crippen molar-refractivity contribution in [2.24, 2.45) is 0 Å². The maximum Gasteiger partial charge on any atom is 0.0737 e. The molecule has 20 heavy (non-hydrogen) atoms. The number of rotatable bonds is 3. The lowest BCUT2D eigenvalue weighted by Gasteiger charge is -2.27. The number of para-hydroxylation sites is 1. The van der Waals surface area contributed by atoms with Crippen LogP contribution in [0.15, 0.2) is 36.5 Å². The third-order valence-corrected chi connectivity index (χ3v) is 4.55. The molecular weight excluding hydrogens is 244 g/mol. The molecule has 2 nitrogen and oxygen atoms in total. The Morgan fingerprint density at radius 2 is 1.95 bits per heavy atom. The fourth-order valence-corrected chi connectivity index (χ4v) is 3.61. The van der Waals surface area contributed by atoms with E-state index < -0.39 is 0 Å². The molecular formula is C18H24N2. The summed E-state index contributed by atoms with van der Waals surface area (Å²) in [6, 6.07) is 11.5. The first-order valence-corrected chi connectivity index (χ1v) is 7.97. The molecule has 1 heterocycles. The summed E-state index contributed by atoms with van der Waals surface area (Å²) in [6.45, 7) is 3.27. The zero-order valence-corrected chi connectivity index (χ0v) is 12.3. The highest BCUT2D eigenvalue weighted by atomic mass is 14.9. The van der Waals surface area contributed by atoms with Crippen LogP contribution in [0.5, 0.6) is 0 Å². The first kappa shape index (κ1) is 13.6. The van der Waals surface area contributed by atoms with Gasteiger partial charge in [-0.2, -0.15) is 0 Å². The number of benzene rings is 1. The van der Waals surface area contributed by atoms with E-state index in [0.717, 1.165) is 6.54 Å². The molecule has 2 unspecified atom stereocenters.